The fourth-order valence-electron chi connectivity index (χ4n) is 1.59. The van der Waals surface area contributed by atoms with Crippen LogP contribution in [0.2, 0.25) is 0 Å². The van der Waals surface area contributed by atoms with E-state index >= 15 is 0 Å². The Hall–Kier alpha value is -1.94. The standard InChI is InChI=1S/C11H11F2NO6S/c1-10(2,9(15)16)14-21(17,18)7-5-3-4-6-8(7)20-11(12,13)19-6/h3-5,14H,1-2H3,(H,15,16). The number of sulfonamides is 1. The average molecular weight is 323 g/mol. The van der Waals surface area contributed by atoms with Crippen LogP contribution in [0.15, 0.2) is 23.1 Å². The number of aliphatic carboxylic acids is 1. The minimum absolute atomic E-state index is 0.448. The Bertz CT molecular complexity index is 701. The number of para-hydroxylation sites is 1. The molecule has 0 radical (unpaired) electrons. The smallest absolute Gasteiger partial charge is 0.480 e. The maximum Gasteiger partial charge on any atom is 0.586 e. The summed E-state index contributed by atoms with van der Waals surface area (Å²) in [5.41, 5.74) is -1.83. The third-order valence-corrected chi connectivity index (χ3v) is 4.29. The van der Waals surface area contributed by atoms with Gasteiger partial charge in [-0.1, -0.05) is 6.07 Å². The number of rotatable bonds is 4. The zero-order valence-electron chi connectivity index (χ0n) is 10.9. The molecular weight excluding hydrogens is 312 g/mol. The van der Waals surface area contributed by atoms with E-state index in [-0.39, 0.29) is 0 Å². The lowest BCUT2D eigenvalue weighted by Gasteiger charge is -2.21. The number of nitrogens with one attached hydrogen (secondary N) is 1. The van der Waals surface area contributed by atoms with E-state index in [1.54, 1.807) is 0 Å². The fourth-order valence-corrected chi connectivity index (χ4v) is 3.10. The maximum absolute atomic E-state index is 13.0. The Labute approximate surface area is 118 Å². The highest BCUT2D eigenvalue weighted by atomic mass is 32.2. The summed E-state index contributed by atoms with van der Waals surface area (Å²) in [4.78, 5) is 10.3. The van der Waals surface area contributed by atoms with Crippen molar-refractivity contribution in [3.05, 3.63) is 18.2 Å². The van der Waals surface area contributed by atoms with Gasteiger partial charge in [-0.3, -0.25) is 4.79 Å². The minimum atomic E-state index is -4.41. The summed E-state index contributed by atoms with van der Waals surface area (Å²) in [6.07, 6.45) is -3.98. The van der Waals surface area contributed by atoms with Crippen molar-refractivity contribution in [1.82, 2.24) is 4.72 Å². The van der Waals surface area contributed by atoms with E-state index < -0.39 is 44.2 Å². The molecular formula is C11H11F2NO6S. The highest BCUT2D eigenvalue weighted by Crippen LogP contribution is 2.44. The number of carboxylic acid groups (broad SMARTS) is 1. The van der Waals surface area contributed by atoms with Crippen LogP contribution < -0.4 is 14.2 Å². The molecule has 0 saturated carbocycles. The van der Waals surface area contributed by atoms with Gasteiger partial charge in [0.15, 0.2) is 11.5 Å². The maximum atomic E-state index is 13.0. The Morgan fingerprint density at radius 2 is 1.95 bits per heavy atom. The number of ether oxygens (including phenoxy) is 2. The molecule has 2 N–H and O–H groups in total. The quantitative estimate of drug-likeness (QED) is 0.862. The van der Waals surface area contributed by atoms with Crippen LogP contribution >= 0.6 is 0 Å². The molecule has 0 amide bonds. The van der Waals surface area contributed by atoms with Crippen LogP contribution in [-0.4, -0.2) is 31.3 Å². The Kier molecular flexibility index (Phi) is 3.33. The molecule has 1 aliphatic heterocycles. The Morgan fingerprint density at radius 1 is 1.33 bits per heavy atom. The van der Waals surface area contributed by atoms with E-state index in [2.05, 4.69) is 9.47 Å². The summed E-state index contributed by atoms with van der Waals surface area (Å²) in [7, 11) is -4.41. The summed E-state index contributed by atoms with van der Waals surface area (Å²) in [5.74, 6) is -2.55. The van der Waals surface area contributed by atoms with Crippen LogP contribution in [0.1, 0.15) is 13.8 Å². The average Bonchev–Trinajstić information content (AvgIpc) is 2.60. The molecule has 116 valence electrons. The first-order valence-corrected chi connectivity index (χ1v) is 7.09. The first-order valence-electron chi connectivity index (χ1n) is 5.61. The van der Waals surface area contributed by atoms with Crippen LogP contribution in [0.25, 0.3) is 0 Å². The van der Waals surface area contributed by atoms with E-state index in [9.17, 15) is 22.0 Å². The van der Waals surface area contributed by atoms with Gasteiger partial charge in [-0.2, -0.15) is 4.72 Å². The Balaban J connectivity index is 2.45. The third kappa shape index (κ3) is 2.90. The molecule has 0 aliphatic carbocycles. The number of halogens is 2. The van der Waals surface area contributed by atoms with Crippen LogP contribution in [0, 0.1) is 0 Å². The van der Waals surface area contributed by atoms with Crippen LogP contribution in [-0.2, 0) is 14.8 Å². The fraction of sp³-hybridized carbons (Fsp3) is 0.364. The summed E-state index contributed by atoms with van der Waals surface area (Å²) < 4.78 is 60.6. The molecule has 0 atom stereocenters. The van der Waals surface area contributed by atoms with Crippen molar-refractivity contribution in [3.63, 3.8) is 0 Å². The van der Waals surface area contributed by atoms with Crippen LogP contribution in [0.5, 0.6) is 11.5 Å². The van der Waals surface area contributed by atoms with Gasteiger partial charge in [0.25, 0.3) is 0 Å². The minimum Gasteiger partial charge on any atom is -0.480 e. The first kappa shape index (κ1) is 15.4. The van der Waals surface area contributed by atoms with Crippen molar-refractivity contribution in [1.29, 1.82) is 0 Å². The summed E-state index contributed by atoms with van der Waals surface area (Å²) >= 11 is 0. The van der Waals surface area contributed by atoms with E-state index in [1.165, 1.54) is 6.07 Å². The summed E-state index contributed by atoms with van der Waals surface area (Å²) in [6.45, 7) is 2.23. The predicted octanol–water partition coefficient (Wildman–Crippen LogP) is 1.15. The van der Waals surface area contributed by atoms with E-state index in [4.69, 9.17) is 5.11 Å². The summed E-state index contributed by atoms with van der Waals surface area (Å²) in [6, 6.07) is 3.29. The third-order valence-electron chi connectivity index (χ3n) is 2.61. The molecule has 1 aromatic rings. The predicted molar refractivity (Wildman–Crippen MR) is 64.7 cm³/mol. The molecule has 0 aromatic heterocycles. The molecule has 0 spiro atoms. The molecule has 10 heteroatoms. The van der Waals surface area contributed by atoms with E-state index in [0.29, 0.717) is 0 Å². The van der Waals surface area contributed by atoms with Crippen LogP contribution in [0.4, 0.5) is 8.78 Å². The number of benzene rings is 1. The van der Waals surface area contributed by atoms with Gasteiger partial charge < -0.3 is 14.6 Å². The van der Waals surface area contributed by atoms with E-state index in [1.807, 2.05) is 4.72 Å². The molecule has 21 heavy (non-hydrogen) atoms. The number of alkyl halides is 2. The molecule has 0 fully saturated rings. The zero-order valence-corrected chi connectivity index (χ0v) is 11.7. The molecule has 7 nitrogen and oxygen atoms in total. The van der Waals surface area contributed by atoms with Gasteiger partial charge in [0, 0.05) is 0 Å². The summed E-state index contributed by atoms with van der Waals surface area (Å²) in [5, 5.41) is 8.93. The molecule has 1 aromatic carbocycles. The van der Waals surface area contributed by atoms with Crippen molar-refractivity contribution in [2.75, 3.05) is 0 Å². The molecule has 0 saturated heterocycles. The normalized spacial score (nSPS) is 16.8. The van der Waals surface area contributed by atoms with Crippen LogP contribution in [0.3, 0.4) is 0 Å². The van der Waals surface area contributed by atoms with E-state index in [0.717, 1.165) is 26.0 Å². The highest BCUT2D eigenvalue weighted by Gasteiger charge is 2.46. The number of hydrogen-bond donors (Lipinski definition) is 2. The molecule has 0 bridgehead atoms. The highest BCUT2D eigenvalue weighted by molar-refractivity contribution is 7.89. The van der Waals surface area contributed by atoms with Crippen molar-refractivity contribution in [3.8, 4) is 11.5 Å². The van der Waals surface area contributed by atoms with Gasteiger partial charge in [0.1, 0.15) is 10.4 Å². The van der Waals surface area contributed by atoms with Gasteiger partial charge >= 0.3 is 12.3 Å². The van der Waals surface area contributed by atoms with Gasteiger partial charge in [0.05, 0.1) is 0 Å². The van der Waals surface area contributed by atoms with Gasteiger partial charge in [-0.25, -0.2) is 8.42 Å². The first-order chi connectivity index (χ1) is 9.45. The lowest BCUT2D eigenvalue weighted by molar-refractivity contribution is -0.287. The van der Waals surface area contributed by atoms with Crippen molar-refractivity contribution < 1.29 is 36.6 Å². The molecule has 1 heterocycles. The lowest BCUT2D eigenvalue weighted by Crippen LogP contribution is -2.49. The largest absolute Gasteiger partial charge is 0.586 e. The number of carboxylic acids is 1. The molecule has 1 aliphatic rings. The second-order valence-electron chi connectivity index (χ2n) is 4.79. The SMILES string of the molecule is CC(C)(NS(=O)(=O)c1cccc2c1OC(F)(F)O2)C(=O)O. The second kappa shape index (κ2) is 4.53. The topological polar surface area (TPSA) is 102 Å². The van der Waals surface area contributed by atoms with Crippen molar-refractivity contribution >= 4 is 16.0 Å². The van der Waals surface area contributed by atoms with Crippen molar-refractivity contribution in [2.45, 2.75) is 30.6 Å². The molecule has 0 unspecified atom stereocenters. The number of fused-ring (bicyclic) bond motifs is 1. The second-order valence-corrected chi connectivity index (χ2v) is 6.44. The van der Waals surface area contributed by atoms with Crippen molar-refractivity contribution in [2.24, 2.45) is 0 Å². The monoisotopic (exact) mass is 323 g/mol. The van der Waals surface area contributed by atoms with Gasteiger partial charge in [-0.15, -0.1) is 8.78 Å². The molecule has 2 rings (SSSR count). The lowest BCUT2D eigenvalue weighted by atomic mass is 10.1. The van der Waals surface area contributed by atoms with Gasteiger partial charge in [-0.05, 0) is 26.0 Å². The zero-order chi connectivity index (χ0) is 16.1. The Morgan fingerprint density at radius 3 is 2.52 bits per heavy atom. The van der Waals surface area contributed by atoms with Gasteiger partial charge in [0.2, 0.25) is 10.0 Å². The number of hydrogen-bond acceptors (Lipinski definition) is 5. The number of carbonyl (C=O) groups is 1.